The van der Waals surface area contributed by atoms with Crippen molar-refractivity contribution in [3.8, 4) is 6.08 Å². The van der Waals surface area contributed by atoms with Gasteiger partial charge < -0.3 is 14.1 Å². The van der Waals surface area contributed by atoms with Crippen LogP contribution in [0.15, 0.2) is 59.0 Å². The molecule has 1 aromatic heterocycles. The van der Waals surface area contributed by atoms with Gasteiger partial charge in [-0.15, -0.1) is 0 Å². The summed E-state index contributed by atoms with van der Waals surface area (Å²) in [6.45, 7) is 3.53. The van der Waals surface area contributed by atoms with E-state index in [4.69, 9.17) is 9.15 Å². The molecule has 0 unspecified atom stereocenters. The summed E-state index contributed by atoms with van der Waals surface area (Å²) in [5.41, 5.74) is 1.41. The van der Waals surface area contributed by atoms with Gasteiger partial charge in [-0.05, 0) is 100 Å². The van der Waals surface area contributed by atoms with E-state index in [-0.39, 0.29) is 48.9 Å². The van der Waals surface area contributed by atoms with E-state index in [0.29, 0.717) is 48.8 Å². The molecule has 10 nitrogen and oxygen atoms in total. The van der Waals surface area contributed by atoms with Crippen molar-refractivity contribution in [2.45, 2.75) is 101 Å². The van der Waals surface area contributed by atoms with Gasteiger partial charge in [0.25, 0.3) is 0 Å². The SMILES string of the molecule is Cc1cc(F)cc(C[C@H]2CCCCC/C=C\[C@@H]3C[C@@]3(C(=O)NS(=O)(=O)C3(C)CC3)CC(=O)[C@@H]3C[C@@H](Oc4nc5ccccc5o4)CN3C2=O)c1. The van der Waals surface area contributed by atoms with Crippen LogP contribution >= 0.6 is 0 Å². The summed E-state index contributed by atoms with van der Waals surface area (Å²) in [5.74, 6) is -2.37. The van der Waals surface area contributed by atoms with Gasteiger partial charge in [-0.1, -0.05) is 43.2 Å². The number of benzene rings is 2. The number of ether oxygens (including phenoxy) is 1. The molecule has 0 radical (unpaired) electrons. The van der Waals surface area contributed by atoms with Crippen LogP contribution in [0.5, 0.6) is 6.08 Å². The summed E-state index contributed by atoms with van der Waals surface area (Å²) in [4.78, 5) is 48.8. The van der Waals surface area contributed by atoms with Crippen LogP contribution < -0.4 is 9.46 Å². The molecule has 266 valence electrons. The van der Waals surface area contributed by atoms with Crippen LogP contribution in [0.2, 0.25) is 0 Å². The van der Waals surface area contributed by atoms with Gasteiger partial charge in [-0.25, -0.2) is 12.8 Å². The van der Waals surface area contributed by atoms with E-state index in [1.807, 2.05) is 37.3 Å². The van der Waals surface area contributed by atoms with E-state index in [0.717, 1.165) is 31.2 Å². The van der Waals surface area contributed by atoms with Crippen molar-refractivity contribution in [1.29, 1.82) is 0 Å². The van der Waals surface area contributed by atoms with Gasteiger partial charge >= 0.3 is 6.08 Å². The number of rotatable bonds is 7. The Hall–Kier alpha value is -4.06. The molecule has 12 heteroatoms. The first-order valence-corrected chi connectivity index (χ1v) is 19.2. The topological polar surface area (TPSA) is 136 Å². The Labute approximate surface area is 291 Å². The van der Waals surface area contributed by atoms with Gasteiger partial charge in [0.2, 0.25) is 21.8 Å². The fraction of sp³-hybridized carbons (Fsp3) is 0.526. The Kier molecular flexibility index (Phi) is 9.11. The maximum Gasteiger partial charge on any atom is 0.394 e. The molecule has 50 heavy (non-hydrogen) atoms. The molecule has 7 rings (SSSR count). The Morgan fingerprint density at radius 1 is 1.14 bits per heavy atom. The van der Waals surface area contributed by atoms with E-state index >= 15 is 0 Å². The quantitative estimate of drug-likeness (QED) is 0.297. The van der Waals surface area contributed by atoms with Crippen molar-refractivity contribution in [3.63, 3.8) is 0 Å². The van der Waals surface area contributed by atoms with Crippen LogP contribution in [-0.2, 0) is 30.8 Å². The Morgan fingerprint density at radius 3 is 2.70 bits per heavy atom. The second kappa shape index (κ2) is 13.2. The molecule has 2 saturated carbocycles. The maximum atomic E-state index is 14.5. The molecule has 0 spiro atoms. The molecule has 3 heterocycles. The first-order chi connectivity index (χ1) is 23.9. The second-order valence-electron chi connectivity index (χ2n) is 15.0. The van der Waals surface area contributed by atoms with E-state index in [1.165, 1.54) is 12.1 Å². The number of hydrogen-bond acceptors (Lipinski definition) is 8. The minimum Gasteiger partial charge on any atom is -0.445 e. The van der Waals surface area contributed by atoms with Crippen molar-refractivity contribution in [3.05, 3.63) is 71.6 Å². The highest BCUT2D eigenvalue weighted by Gasteiger charge is 2.62. The number of ketones is 1. The molecule has 1 saturated heterocycles. The number of amides is 2. The monoisotopic (exact) mass is 705 g/mol. The molecule has 3 aromatic rings. The highest BCUT2D eigenvalue weighted by molar-refractivity contribution is 7.91. The number of hydrogen-bond donors (Lipinski definition) is 1. The summed E-state index contributed by atoms with van der Waals surface area (Å²) in [6.07, 6.45) is 8.80. The zero-order valence-electron chi connectivity index (χ0n) is 28.5. The zero-order valence-corrected chi connectivity index (χ0v) is 29.3. The predicted molar refractivity (Wildman–Crippen MR) is 184 cm³/mol. The molecule has 5 atom stereocenters. The van der Waals surface area contributed by atoms with Crippen molar-refractivity contribution in [2.24, 2.45) is 17.3 Å². The Bertz CT molecular complexity index is 1900. The van der Waals surface area contributed by atoms with Crippen molar-refractivity contribution >= 4 is 38.7 Å². The number of para-hydroxylation sites is 2. The molecule has 2 aliphatic heterocycles. The third-order valence-corrected chi connectivity index (χ3v) is 13.2. The number of allylic oxidation sites excluding steroid dienone is 2. The lowest BCUT2D eigenvalue weighted by molar-refractivity contribution is -0.142. The summed E-state index contributed by atoms with van der Waals surface area (Å²) < 4.78 is 53.9. The molecule has 3 fully saturated rings. The maximum absolute atomic E-state index is 14.5. The number of Topliss-reactive ketones (excluding diaryl/α,β-unsaturated/α-hetero) is 1. The molecule has 0 bridgehead atoms. The summed E-state index contributed by atoms with van der Waals surface area (Å²) in [7, 11) is -3.92. The third-order valence-electron chi connectivity index (χ3n) is 11.1. The van der Waals surface area contributed by atoms with Gasteiger partial charge in [0.05, 0.1) is 22.7 Å². The van der Waals surface area contributed by atoms with Crippen LogP contribution in [-0.4, -0.2) is 59.3 Å². The Balaban J connectivity index is 1.19. The van der Waals surface area contributed by atoms with Gasteiger partial charge in [-0.3, -0.25) is 19.1 Å². The second-order valence-corrected chi connectivity index (χ2v) is 17.2. The van der Waals surface area contributed by atoms with Crippen LogP contribution in [0.25, 0.3) is 11.1 Å². The number of aryl methyl sites for hydroxylation is 1. The van der Waals surface area contributed by atoms with E-state index < -0.39 is 44.2 Å². The normalized spacial score (nSPS) is 29.0. The van der Waals surface area contributed by atoms with Crippen molar-refractivity contribution in [1.82, 2.24) is 14.6 Å². The van der Waals surface area contributed by atoms with Crippen LogP contribution in [0.3, 0.4) is 0 Å². The first-order valence-electron chi connectivity index (χ1n) is 17.7. The molecular formula is C38H44FN3O7S. The standard InChI is InChI=1S/C38H44FN3O7S/c1-24-16-25(19-28(39)17-24)18-26-10-6-4-3-5-7-11-27-21-38(27,35(45)41-50(46,47)37(2)14-15-37)22-32(43)31-20-29(23-42(31)34(26)44)48-36-40-30-12-8-9-13-33(30)49-36/h7-9,11-13,16-17,19,26-27,29,31H,3-6,10,14-15,18,20-23H2,1-2H3,(H,41,45)/b11-7-/t26-,27-,29-,31+,38-/m1/s1. The molecule has 4 aliphatic rings. The largest absolute Gasteiger partial charge is 0.445 e. The highest BCUT2D eigenvalue weighted by Crippen LogP contribution is 2.57. The van der Waals surface area contributed by atoms with Crippen molar-refractivity contribution in [2.75, 3.05) is 6.54 Å². The highest BCUT2D eigenvalue weighted by atomic mass is 32.2. The Morgan fingerprint density at radius 2 is 1.94 bits per heavy atom. The van der Waals surface area contributed by atoms with Gasteiger partial charge in [0, 0.05) is 18.8 Å². The zero-order chi connectivity index (χ0) is 35.3. The van der Waals surface area contributed by atoms with Crippen LogP contribution in [0.1, 0.15) is 82.3 Å². The molecule has 2 amide bonds. The number of halogens is 1. The van der Waals surface area contributed by atoms with E-state index in [9.17, 15) is 27.2 Å². The van der Waals surface area contributed by atoms with Crippen LogP contribution in [0, 0.1) is 30.0 Å². The number of sulfonamides is 1. The fourth-order valence-electron chi connectivity index (χ4n) is 7.68. The summed E-state index contributed by atoms with van der Waals surface area (Å²) in [6, 6.07) is 11.1. The minimum absolute atomic E-state index is 0.0349. The average molecular weight is 706 g/mol. The molecule has 2 aromatic carbocycles. The number of carbonyl (C=O) groups is 3. The number of nitrogens with one attached hydrogen (secondary N) is 1. The lowest BCUT2D eigenvalue weighted by atomic mass is 9.89. The number of nitrogens with zero attached hydrogens (tertiary/aromatic N) is 2. The third kappa shape index (κ3) is 6.95. The van der Waals surface area contributed by atoms with Crippen molar-refractivity contribution < 1.29 is 36.3 Å². The lowest BCUT2D eigenvalue weighted by Crippen LogP contribution is -2.47. The van der Waals surface area contributed by atoms with Gasteiger partial charge in [0.1, 0.15) is 17.4 Å². The lowest BCUT2D eigenvalue weighted by Gasteiger charge is -2.29. The predicted octanol–water partition coefficient (Wildman–Crippen LogP) is 5.97. The molecule has 1 N–H and O–H groups in total. The van der Waals surface area contributed by atoms with E-state index in [2.05, 4.69) is 9.71 Å². The minimum atomic E-state index is -3.92. The number of oxazole rings is 1. The average Bonchev–Trinajstić information content (AvgIpc) is 3.86. The fourth-order valence-corrected chi connectivity index (χ4v) is 9.01. The molecular weight excluding hydrogens is 661 g/mol. The van der Waals surface area contributed by atoms with E-state index in [1.54, 1.807) is 24.0 Å². The first kappa shape index (κ1) is 34.4. The summed E-state index contributed by atoms with van der Waals surface area (Å²) in [5, 5.41) is 0. The number of aromatic nitrogens is 1. The van der Waals surface area contributed by atoms with Gasteiger partial charge in [0.15, 0.2) is 11.4 Å². The van der Waals surface area contributed by atoms with Gasteiger partial charge in [-0.2, -0.15) is 4.98 Å². The summed E-state index contributed by atoms with van der Waals surface area (Å²) >= 11 is 0. The number of fused-ring (bicyclic) bond motifs is 3. The van der Waals surface area contributed by atoms with Crippen LogP contribution in [0.4, 0.5) is 4.39 Å². The smallest absolute Gasteiger partial charge is 0.394 e. The molecule has 2 aliphatic carbocycles. The number of carbonyl (C=O) groups excluding carboxylic acids is 3.